The molecule has 0 saturated carbocycles. The van der Waals surface area contributed by atoms with E-state index >= 15 is 0 Å². The Kier molecular flexibility index (Phi) is 7.60. The number of fused-ring (bicyclic) bond motifs is 6. The minimum atomic E-state index is -4.11. The third-order valence-corrected chi connectivity index (χ3v) is 8.70. The number of hydrogen-bond donors (Lipinski definition) is 5. The van der Waals surface area contributed by atoms with Gasteiger partial charge in [0.05, 0.1) is 34.6 Å². The minimum absolute atomic E-state index is 0.0371. The lowest BCUT2D eigenvalue weighted by Crippen LogP contribution is -2.32. The second-order valence-electron chi connectivity index (χ2n) is 10.2. The zero-order chi connectivity index (χ0) is 32.8. The lowest BCUT2D eigenvalue weighted by molar-refractivity contribution is 0.0224. The summed E-state index contributed by atoms with van der Waals surface area (Å²) in [5.74, 6) is -0.317. The summed E-state index contributed by atoms with van der Waals surface area (Å²) in [6.45, 7) is 0.221. The predicted molar refractivity (Wildman–Crippen MR) is 164 cm³/mol. The van der Waals surface area contributed by atoms with E-state index in [1.807, 2.05) is 12.1 Å². The molecule has 46 heavy (non-hydrogen) atoms. The van der Waals surface area contributed by atoms with Crippen LogP contribution in [0.15, 0.2) is 101 Å². The van der Waals surface area contributed by atoms with Crippen molar-refractivity contribution in [1.82, 2.24) is 0 Å². The fourth-order valence-corrected chi connectivity index (χ4v) is 6.44. The Labute approximate surface area is 266 Å². The van der Waals surface area contributed by atoms with Crippen molar-refractivity contribution in [3.05, 3.63) is 130 Å². The van der Waals surface area contributed by atoms with Crippen LogP contribution < -0.4 is 15.2 Å². The van der Waals surface area contributed by atoms with Gasteiger partial charge in [-0.05, 0) is 54.6 Å². The van der Waals surface area contributed by atoms with Crippen molar-refractivity contribution >= 4 is 39.3 Å². The summed E-state index contributed by atoms with van der Waals surface area (Å²) in [6.07, 6.45) is 1.48. The number of anilines is 1. The number of hydrogen-bond acceptors (Lipinski definition) is 10. The number of esters is 1. The monoisotopic (exact) mass is 662 g/mol. The molecule has 14 heteroatoms. The summed E-state index contributed by atoms with van der Waals surface area (Å²) in [7, 11) is -4.11. The molecule has 4 aromatic carbocycles. The quantitative estimate of drug-likeness (QED) is 0.148. The van der Waals surface area contributed by atoms with Gasteiger partial charge >= 0.3 is 11.9 Å². The van der Waals surface area contributed by atoms with Crippen LogP contribution in [0, 0.1) is 0 Å². The number of carboxylic acid groups (broad SMARTS) is 1. The second-order valence-corrected chi connectivity index (χ2v) is 12.1. The van der Waals surface area contributed by atoms with Crippen molar-refractivity contribution in [1.29, 1.82) is 0 Å². The lowest BCUT2D eigenvalue weighted by atomic mass is 9.77. The van der Waals surface area contributed by atoms with Crippen LogP contribution in [-0.2, 0) is 26.9 Å². The number of carbonyl (C=O) groups is 2. The smallest absolute Gasteiger partial charge is 0.340 e. The number of carboxylic acids is 1. The normalized spacial score (nSPS) is 13.7. The van der Waals surface area contributed by atoms with Gasteiger partial charge in [0.1, 0.15) is 33.7 Å². The molecule has 0 radical (unpaired) electrons. The predicted octanol–water partition coefficient (Wildman–Crippen LogP) is 5.56. The van der Waals surface area contributed by atoms with E-state index in [2.05, 4.69) is 5.32 Å². The number of furan rings is 1. The molecule has 0 amide bonds. The topological polar surface area (TPSA) is 199 Å². The number of ether oxygens (including phenoxy) is 2. The number of halogens is 1. The maximum absolute atomic E-state index is 12.5. The second kappa shape index (κ2) is 11.5. The first-order chi connectivity index (χ1) is 21.9. The molecule has 0 atom stereocenters. The maximum Gasteiger partial charge on any atom is 0.340 e. The summed E-state index contributed by atoms with van der Waals surface area (Å²) < 4.78 is 39.6. The van der Waals surface area contributed by atoms with Crippen LogP contribution in [0.2, 0.25) is 5.02 Å². The van der Waals surface area contributed by atoms with Crippen LogP contribution in [0.3, 0.4) is 0 Å². The van der Waals surface area contributed by atoms with Gasteiger partial charge < -0.3 is 34.5 Å². The lowest BCUT2D eigenvalue weighted by Gasteiger charge is -2.36. The van der Waals surface area contributed by atoms with Crippen molar-refractivity contribution in [3.63, 3.8) is 0 Å². The van der Waals surface area contributed by atoms with Crippen molar-refractivity contribution < 1.29 is 47.2 Å². The molecule has 3 heterocycles. The molecule has 0 unspecified atom stereocenters. The van der Waals surface area contributed by atoms with E-state index in [0.717, 1.165) is 6.07 Å². The summed E-state index contributed by atoms with van der Waals surface area (Å²) >= 11 is 5.84. The van der Waals surface area contributed by atoms with Crippen molar-refractivity contribution in [2.75, 3.05) is 5.32 Å². The van der Waals surface area contributed by atoms with Gasteiger partial charge in [-0.2, -0.15) is 0 Å². The van der Waals surface area contributed by atoms with Gasteiger partial charge in [0.25, 0.3) is 0 Å². The third kappa shape index (κ3) is 5.36. The number of phenols is 2. The summed E-state index contributed by atoms with van der Waals surface area (Å²) in [6, 6.07) is 22.1. The summed E-state index contributed by atoms with van der Waals surface area (Å²) in [5, 5.41) is 36.5. The first-order valence-corrected chi connectivity index (χ1v) is 15.3. The van der Waals surface area contributed by atoms with Crippen LogP contribution >= 0.6 is 11.6 Å². The van der Waals surface area contributed by atoms with Crippen LogP contribution in [0.1, 0.15) is 43.2 Å². The highest BCUT2D eigenvalue weighted by Gasteiger charge is 2.53. The molecule has 2 aliphatic rings. The number of sulfonamides is 1. The number of primary sulfonamides is 1. The maximum atomic E-state index is 12.5. The zero-order valence-corrected chi connectivity index (χ0v) is 25.0. The molecule has 2 aliphatic heterocycles. The van der Waals surface area contributed by atoms with Gasteiger partial charge in [-0.25, -0.2) is 23.1 Å². The average molecular weight is 663 g/mol. The first-order valence-electron chi connectivity index (χ1n) is 13.4. The highest BCUT2D eigenvalue weighted by Crippen LogP contribution is 2.56. The zero-order valence-electron chi connectivity index (χ0n) is 23.4. The van der Waals surface area contributed by atoms with Gasteiger partial charge in [-0.15, -0.1) is 0 Å². The number of carbonyl (C=O) groups excluding carboxylic acids is 1. The third-order valence-electron chi connectivity index (χ3n) is 7.32. The van der Waals surface area contributed by atoms with E-state index in [4.69, 9.17) is 35.7 Å². The summed E-state index contributed by atoms with van der Waals surface area (Å²) in [5.41, 5.74) is 1.19. The molecular formula is C32H23ClN2O10S. The van der Waals surface area contributed by atoms with E-state index in [1.54, 1.807) is 36.4 Å². The molecule has 6 N–H and O–H groups in total. The van der Waals surface area contributed by atoms with E-state index in [9.17, 15) is 28.2 Å². The number of benzene rings is 4. The highest BCUT2D eigenvalue weighted by molar-refractivity contribution is 7.89. The van der Waals surface area contributed by atoms with Gasteiger partial charge in [0.15, 0.2) is 5.60 Å². The van der Waals surface area contributed by atoms with Crippen molar-refractivity contribution in [2.45, 2.75) is 17.0 Å². The fourth-order valence-electron chi connectivity index (χ4n) is 5.34. The Morgan fingerprint density at radius 1 is 0.891 bits per heavy atom. The summed E-state index contributed by atoms with van der Waals surface area (Å²) in [4.78, 5) is 23.3. The van der Waals surface area contributed by atoms with E-state index in [-0.39, 0.29) is 34.3 Å². The molecule has 0 fully saturated rings. The molecule has 0 aliphatic carbocycles. The Balaban J connectivity index is 0.000000165. The van der Waals surface area contributed by atoms with Crippen LogP contribution in [-0.4, -0.2) is 35.7 Å². The molecule has 12 nitrogen and oxygen atoms in total. The number of phenolic OH excluding ortho intramolecular Hbond substituents is 2. The average Bonchev–Trinajstić information content (AvgIpc) is 3.62. The number of nitrogens with two attached hydrogens (primary N) is 1. The van der Waals surface area contributed by atoms with E-state index in [0.29, 0.717) is 39.5 Å². The number of aromatic carboxylic acids is 1. The Morgan fingerprint density at radius 2 is 1.54 bits per heavy atom. The van der Waals surface area contributed by atoms with Gasteiger partial charge in [0.2, 0.25) is 10.0 Å². The molecule has 7 rings (SSSR count). The SMILES string of the molecule is NS(=O)(=O)c1cc(C(=O)O)c(NCc2ccco2)cc1Cl.O=C1OC2(c3ccc(O)cc3Oc3cc(O)ccc32)c2ccccc21. The first kappa shape index (κ1) is 30.5. The van der Waals surface area contributed by atoms with E-state index in [1.165, 1.54) is 36.6 Å². The minimum Gasteiger partial charge on any atom is -0.508 e. The highest BCUT2D eigenvalue weighted by atomic mass is 35.5. The number of aromatic hydroxyl groups is 2. The standard InChI is InChI=1S/C20H12O5.C12H11ClN2O5S/c21-11-5-7-15-17(9-11)24-18-10-12(22)6-8-16(18)20(15)14-4-2-1-3-13(14)19(23)25-20;13-9-5-10(15-6-7-2-1-3-20-7)8(12(16)17)4-11(9)21(14,18)19/h1-10,21-22H;1-5,15H,6H2,(H,16,17)(H2,14,18,19). The number of rotatable bonds is 5. The molecular weight excluding hydrogens is 640 g/mol. The Hall–Kier alpha value is -5.50. The largest absolute Gasteiger partial charge is 0.508 e. The molecule has 0 saturated heterocycles. The fraction of sp³-hybridized carbons (Fsp3) is 0.0625. The van der Waals surface area contributed by atoms with Crippen LogP contribution in [0.4, 0.5) is 5.69 Å². The van der Waals surface area contributed by atoms with Crippen molar-refractivity contribution in [3.8, 4) is 23.0 Å². The van der Waals surface area contributed by atoms with Crippen molar-refractivity contribution in [2.24, 2.45) is 5.14 Å². The Morgan fingerprint density at radius 3 is 2.13 bits per heavy atom. The molecule has 1 aromatic heterocycles. The molecule has 0 bridgehead atoms. The molecule has 1 spiro atoms. The van der Waals surface area contributed by atoms with Crippen LogP contribution in [0.5, 0.6) is 23.0 Å². The Bertz CT molecular complexity index is 2080. The van der Waals surface area contributed by atoms with Gasteiger partial charge in [0, 0.05) is 28.8 Å². The molecule has 5 aromatic rings. The van der Waals surface area contributed by atoms with Gasteiger partial charge in [-0.3, -0.25) is 0 Å². The van der Waals surface area contributed by atoms with E-state index < -0.39 is 32.5 Å². The molecule has 234 valence electrons. The number of nitrogens with one attached hydrogen (secondary N) is 1. The van der Waals surface area contributed by atoms with Gasteiger partial charge in [-0.1, -0.05) is 29.8 Å². The van der Waals surface area contributed by atoms with Crippen LogP contribution in [0.25, 0.3) is 0 Å².